The molecule has 1 unspecified atom stereocenters. The highest BCUT2D eigenvalue weighted by Crippen LogP contribution is 2.37. The average Bonchev–Trinajstić information content (AvgIpc) is 3.03. The summed E-state index contributed by atoms with van der Waals surface area (Å²) < 4.78 is 5.79. The molecule has 1 amide bonds. The van der Waals surface area contributed by atoms with Gasteiger partial charge in [-0.15, -0.1) is 0 Å². The first-order valence-electron chi connectivity index (χ1n) is 8.18. The molecule has 0 radical (unpaired) electrons. The highest BCUT2D eigenvalue weighted by atomic mass is 35.5. The molecule has 130 valence electrons. The van der Waals surface area contributed by atoms with E-state index in [1.807, 2.05) is 49.1 Å². The Kier molecular flexibility index (Phi) is 5.66. The zero-order valence-electron chi connectivity index (χ0n) is 14.1. The van der Waals surface area contributed by atoms with Gasteiger partial charge in [0.15, 0.2) is 5.58 Å². The lowest BCUT2D eigenvalue weighted by Crippen LogP contribution is -2.33. The van der Waals surface area contributed by atoms with Gasteiger partial charge in [0.25, 0.3) is 5.22 Å². The number of rotatable bonds is 6. The van der Waals surface area contributed by atoms with Gasteiger partial charge >= 0.3 is 0 Å². The van der Waals surface area contributed by atoms with Crippen LogP contribution in [-0.4, -0.2) is 28.9 Å². The molecule has 6 heteroatoms. The van der Waals surface area contributed by atoms with Gasteiger partial charge in [0, 0.05) is 18.1 Å². The molecule has 0 bridgehead atoms. The van der Waals surface area contributed by atoms with Crippen LogP contribution in [0.3, 0.4) is 0 Å². The van der Waals surface area contributed by atoms with Gasteiger partial charge in [-0.2, -0.15) is 0 Å². The van der Waals surface area contributed by atoms with E-state index in [4.69, 9.17) is 16.0 Å². The fraction of sp³-hybridized carbons (Fsp3) is 0.263. The van der Waals surface area contributed by atoms with Gasteiger partial charge < -0.3 is 9.32 Å². The number of benzene rings is 2. The van der Waals surface area contributed by atoms with Gasteiger partial charge in [-0.25, -0.2) is 4.98 Å². The first kappa shape index (κ1) is 17.8. The Morgan fingerprint density at radius 2 is 1.92 bits per heavy atom. The Morgan fingerprint density at radius 3 is 2.60 bits per heavy atom. The number of carbonyl (C=O) groups is 1. The number of amides is 1. The molecule has 2 aromatic carbocycles. The van der Waals surface area contributed by atoms with E-state index in [-0.39, 0.29) is 5.91 Å². The van der Waals surface area contributed by atoms with E-state index in [2.05, 4.69) is 4.98 Å². The Balaban J connectivity index is 1.94. The fourth-order valence-electron chi connectivity index (χ4n) is 2.62. The maximum absolute atomic E-state index is 13.0. The Hall–Kier alpha value is -1.98. The van der Waals surface area contributed by atoms with Gasteiger partial charge in [-0.3, -0.25) is 4.79 Å². The molecule has 0 N–H and O–H groups in total. The number of nitrogens with zero attached hydrogens (tertiary/aromatic N) is 2. The number of halogens is 1. The number of oxazole rings is 1. The molecule has 0 aliphatic rings. The third-order valence-corrected chi connectivity index (χ3v) is 5.27. The molecule has 25 heavy (non-hydrogen) atoms. The van der Waals surface area contributed by atoms with Crippen LogP contribution in [0.15, 0.2) is 58.2 Å². The molecule has 1 heterocycles. The molecule has 0 fully saturated rings. The van der Waals surface area contributed by atoms with Crippen LogP contribution in [0.25, 0.3) is 11.1 Å². The molecule has 0 saturated carbocycles. The van der Waals surface area contributed by atoms with Crippen LogP contribution < -0.4 is 0 Å². The summed E-state index contributed by atoms with van der Waals surface area (Å²) in [6.07, 6.45) is 0. The summed E-state index contributed by atoms with van der Waals surface area (Å²) in [6.45, 7) is 5.30. The van der Waals surface area contributed by atoms with Crippen molar-refractivity contribution in [3.63, 3.8) is 0 Å². The van der Waals surface area contributed by atoms with Gasteiger partial charge in [0.2, 0.25) is 5.91 Å². The number of hydrogen-bond donors (Lipinski definition) is 0. The average molecular weight is 375 g/mol. The van der Waals surface area contributed by atoms with E-state index in [9.17, 15) is 4.79 Å². The smallest absolute Gasteiger partial charge is 0.257 e. The van der Waals surface area contributed by atoms with Crippen molar-refractivity contribution in [2.24, 2.45) is 0 Å². The van der Waals surface area contributed by atoms with Crippen LogP contribution in [0, 0.1) is 0 Å². The van der Waals surface area contributed by atoms with E-state index >= 15 is 0 Å². The Morgan fingerprint density at radius 1 is 1.20 bits per heavy atom. The second-order valence-electron chi connectivity index (χ2n) is 5.51. The molecule has 3 rings (SSSR count). The topological polar surface area (TPSA) is 46.3 Å². The maximum atomic E-state index is 13.0. The summed E-state index contributed by atoms with van der Waals surface area (Å²) in [5.41, 5.74) is 2.29. The molecule has 0 aliphatic heterocycles. The van der Waals surface area contributed by atoms with E-state index < -0.39 is 5.25 Å². The maximum Gasteiger partial charge on any atom is 0.257 e. The molecular formula is C19H19ClN2O2S. The minimum atomic E-state index is -0.398. The highest BCUT2D eigenvalue weighted by Gasteiger charge is 2.27. The summed E-state index contributed by atoms with van der Waals surface area (Å²) in [5, 5.41) is 0.674. The fourth-order valence-corrected chi connectivity index (χ4v) is 3.82. The lowest BCUT2D eigenvalue weighted by molar-refractivity contribution is -0.130. The molecular weight excluding hydrogens is 356 g/mol. The first-order chi connectivity index (χ1) is 12.1. The number of thioether (sulfide) groups is 1. The van der Waals surface area contributed by atoms with Gasteiger partial charge in [-0.1, -0.05) is 41.9 Å². The van der Waals surface area contributed by atoms with Crippen LogP contribution in [0.5, 0.6) is 0 Å². The molecule has 1 aromatic heterocycles. The van der Waals surface area contributed by atoms with Crippen molar-refractivity contribution >= 4 is 40.4 Å². The minimum Gasteiger partial charge on any atom is -0.431 e. The van der Waals surface area contributed by atoms with Crippen molar-refractivity contribution in [2.45, 2.75) is 24.3 Å². The molecule has 3 aromatic rings. The SMILES string of the molecule is CCN(CC)C(=O)C(Sc1nc2cc(Cl)ccc2o1)c1ccccc1. The third kappa shape index (κ3) is 3.99. The Bertz CT molecular complexity index is 862. The lowest BCUT2D eigenvalue weighted by Gasteiger charge is -2.24. The van der Waals surface area contributed by atoms with E-state index in [0.717, 1.165) is 5.56 Å². The summed E-state index contributed by atoms with van der Waals surface area (Å²) >= 11 is 7.34. The second kappa shape index (κ2) is 7.93. The summed E-state index contributed by atoms with van der Waals surface area (Å²) in [7, 11) is 0. The number of aromatic nitrogens is 1. The van der Waals surface area contributed by atoms with Crippen LogP contribution in [0.2, 0.25) is 5.02 Å². The predicted octanol–water partition coefficient (Wildman–Crippen LogP) is 5.18. The summed E-state index contributed by atoms with van der Waals surface area (Å²) in [5.74, 6) is 0.0569. The third-order valence-electron chi connectivity index (χ3n) is 3.95. The quantitative estimate of drug-likeness (QED) is 0.557. The standard InChI is InChI=1S/C19H19ClN2O2S/c1-3-22(4-2)18(23)17(13-8-6-5-7-9-13)25-19-21-15-12-14(20)10-11-16(15)24-19/h5-12,17H,3-4H2,1-2H3. The van der Waals surface area contributed by atoms with Crippen molar-refractivity contribution in [3.8, 4) is 0 Å². The molecule has 0 spiro atoms. The molecule has 0 aliphatic carbocycles. The number of carbonyl (C=O) groups excluding carboxylic acids is 1. The predicted molar refractivity (Wildman–Crippen MR) is 102 cm³/mol. The van der Waals surface area contributed by atoms with Crippen molar-refractivity contribution in [3.05, 3.63) is 59.1 Å². The number of likely N-dealkylation sites (N-methyl/N-ethyl adjacent to an activating group) is 1. The van der Waals surface area contributed by atoms with Crippen LogP contribution >= 0.6 is 23.4 Å². The zero-order valence-corrected chi connectivity index (χ0v) is 15.7. The monoisotopic (exact) mass is 374 g/mol. The van der Waals surface area contributed by atoms with Gasteiger partial charge in [0.05, 0.1) is 0 Å². The van der Waals surface area contributed by atoms with Crippen LogP contribution in [0.4, 0.5) is 0 Å². The highest BCUT2D eigenvalue weighted by molar-refractivity contribution is 8.00. The van der Waals surface area contributed by atoms with Crippen LogP contribution in [-0.2, 0) is 4.79 Å². The molecule has 1 atom stereocenters. The van der Waals surface area contributed by atoms with E-state index in [0.29, 0.717) is 34.4 Å². The lowest BCUT2D eigenvalue weighted by atomic mass is 10.1. The summed E-state index contributed by atoms with van der Waals surface area (Å²) in [6, 6.07) is 15.0. The van der Waals surface area contributed by atoms with E-state index in [1.165, 1.54) is 11.8 Å². The van der Waals surface area contributed by atoms with E-state index in [1.54, 1.807) is 18.2 Å². The van der Waals surface area contributed by atoms with Crippen molar-refractivity contribution in [1.82, 2.24) is 9.88 Å². The summed E-state index contributed by atoms with van der Waals surface area (Å²) in [4.78, 5) is 19.3. The largest absolute Gasteiger partial charge is 0.431 e. The van der Waals surface area contributed by atoms with Crippen molar-refractivity contribution in [1.29, 1.82) is 0 Å². The van der Waals surface area contributed by atoms with Crippen molar-refractivity contribution in [2.75, 3.05) is 13.1 Å². The molecule has 0 saturated heterocycles. The van der Waals surface area contributed by atoms with Gasteiger partial charge in [-0.05, 0) is 49.4 Å². The van der Waals surface area contributed by atoms with Gasteiger partial charge in [0.1, 0.15) is 10.8 Å². The minimum absolute atomic E-state index is 0.0569. The number of fused-ring (bicyclic) bond motifs is 1. The zero-order chi connectivity index (χ0) is 17.8. The second-order valence-corrected chi connectivity index (χ2v) is 7.00. The first-order valence-corrected chi connectivity index (χ1v) is 9.44. The Labute approximate surface area is 156 Å². The number of hydrogen-bond acceptors (Lipinski definition) is 4. The van der Waals surface area contributed by atoms with Crippen molar-refractivity contribution < 1.29 is 9.21 Å². The van der Waals surface area contributed by atoms with Crippen LogP contribution in [0.1, 0.15) is 24.7 Å². The molecule has 4 nitrogen and oxygen atoms in total. The normalized spacial score (nSPS) is 12.3.